The number of hydrogen-bond acceptors (Lipinski definition) is 5. The second-order valence-corrected chi connectivity index (χ2v) is 20.0. The van der Waals surface area contributed by atoms with Gasteiger partial charge >= 0.3 is 122 Å². The Morgan fingerprint density at radius 3 is 2.30 bits per heavy atom. The Labute approximate surface area is 121 Å². The molecule has 0 fully saturated rings. The first-order valence-corrected chi connectivity index (χ1v) is 16.3. The van der Waals surface area contributed by atoms with E-state index >= 15 is 0 Å². The third-order valence-corrected chi connectivity index (χ3v) is 8.72. The average Bonchev–Trinajstić information content (AvgIpc) is 2.46. The van der Waals surface area contributed by atoms with E-state index in [1.165, 1.54) is 9.91 Å². The van der Waals surface area contributed by atoms with Crippen LogP contribution in [0.15, 0.2) is 24.5 Å². The van der Waals surface area contributed by atoms with E-state index in [1.807, 2.05) is 6.07 Å². The van der Waals surface area contributed by atoms with Gasteiger partial charge in [0, 0.05) is 0 Å². The molecule has 0 unspecified atom stereocenters. The summed E-state index contributed by atoms with van der Waals surface area (Å²) in [4.78, 5) is 18.8. The second kappa shape index (κ2) is 5.82. The van der Waals surface area contributed by atoms with Gasteiger partial charge in [-0.25, -0.2) is 0 Å². The molecule has 0 aliphatic carbocycles. The van der Waals surface area contributed by atoms with Gasteiger partial charge < -0.3 is 0 Å². The normalized spacial score (nSPS) is 11.2. The number of carbonyl (C=O) groups is 1. The fraction of sp³-hybridized carbons (Fsp3) is 0.308. The van der Waals surface area contributed by atoms with E-state index in [2.05, 4.69) is 46.6 Å². The maximum atomic E-state index is 11.9. The first-order chi connectivity index (χ1) is 9.41. The standard InChI is InChI=1S/C10H8N5O.3CH3.Sn/c1-11-10(16)8-4-2-3-7(5-8)9-14-12-6-13-15-9;;;;/h3-6H,1H3,(H,11,16);3*1H3;. The van der Waals surface area contributed by atoms with Gasteiger partial charge in [0.1, 0.15) is 0 Å². The quantitative estimate of drug-likeness (QED) is 0.801. The van der Waals surface area contributed by atoms with Gasteiger partial charge in [-0.2, -0.15) is 0 Å². The summed E-state index contributed by atoms with van der Waals surface area (Å²) in [7, 11) is 1.62. The monoisotopic (exact) mass is 379 g/mol. The summed E-state index contributed by atoms with van der Waals surface area (Å²) < 4.78 is 1.24. The van der Waals surface area contributed by atoms with Crippen molar-refractivity contribution in [3.8, 4) is 11.4 Å². The molecule has 0 spiro atoms. The first kappa shape index (κ1) is 14.8. The zero-order valence-electron chi connectivity index (χ0n) is 12.0. The van der Waals surface area contributed by atoms with Gasteiger partial charge in [-0.1, -0.05) is 0 Å². The van der Waals surface area contributed by atoms with Crippen LogP contribution in [0.1, 0.15) is 10.4 Å². The van der Waals surface area contributed by atoms with Crippen molar-refractivity contribution in [2.24, 2.45) is 0 Å². The third-order valence-electron chi connectivity index (χ3n) is 2.95. The SMILES string of the molecule is CNC(=O)c1cc(-c2nncnn2)c[c]([Sn]([CH3])([CH3])[CH3])c1. The molecular weight excluding hydrogens is 361 g/mol. The van der Waals surface area contributed by atoms with Crippen molar-refractivity contribution in [2.75, 3.05) is 7.05 Å². The molecule has 1 heterocycles. The minimum absolute atomic E-state index is 0.111. The fourth-order valence-electron chi connectivity index (χ4n) is 1.78. The number of aromatic nitrogens is 4. The molecule has 1 aromatic carbocycles. The molecule has 0 saturated carbocycles. The Hall–Kier alpha value is -1.57. The second-order valence-electron chi connectivity index (χ2n) is 5.50. The van der Waals surface area contributed by atoms with Crippen LogP contribution in [0.5, 0.6) is 0 Å². The van der Waals surface area contributed by atoms with Gasteiger partial charge in [-0.05, 0) is 0 Å². The summed E-state index contributed by atoms with van der Waals surface area (Å²) in [5.41, 5.74) is 1.41. The Kier molecular flexibility index (Phi) is 4.32. The third kappa shape index (κ3) is 3.30. The van der Waals surface area contributed by atoms with Crippen LogP contribution in [0.3, 0.4) is 0 Å². The maximum absolute atomic E-state index is 11.9. The molecule has 6 nitrogen and oxygen atoms in total. The number of nitrogens with zero attached hydrogens (tertiary/aromatic N) is 4. The molecule has 0 atom stereocenters. The zero-order chi connectivity index (χ0) is 14.8. The van der Waals surface area contributed by atoms with Crippen LogP contribution >= 0.6 is 0 Å². The summed E-state index contributed by atoms with van der Waals surface area (Å²) in [6, 6.07) is 5.81. The van der Waals surface area contributed by atoms with Crippen molar-refractivity contribution in [1.29, 1.82) is 0 Å². The zero-order valence-corrected chi connectivity index (χ0v) is 14.9. The number of amides is 1. The fourth-order valence-corrected chi connectivity index (χ4v) is 5.14. The molecule has 0 saturated heterocycles. The van der Waals surface area contributed by atoms with Crippen LogP contribution < -0.4 is 8.90 Å². The minimum atomic E-state index is -2.32. The van der Waals surface area contributed by atoms with Crippen LogP contribution in [0.25, 0.3) is 11.4 Å². The van der Waals surface area contributed by atoms with Crippen LogP contribution in [0.2, 0.25) is 14.8 Å². The van der Waals surface area contributed by atoms with E-state index in [0.29, 0.717) is 11.4 Å². The summed E-state index contributed by atoms with van der Waals surface area (Å²) in [5.74, 6) is 0.329. The number of hydrogen-bond donors (Lipinski definition) is 1. The number of carbonyl (C=O) groups excluding carboxylic acids is 1. The molecule has 2 aromatic rings. The van der Waals surface area contributed by atoms with Crippen molar-refractivity contribution in [3.63, 3.8) is 0 Å². The summed E-state index contributed by atoms with van der Waals surface area (Å²) >= 11 is -2.32. The summed E-state index contributed by atoms with van der Waals surface area (Å²) in [5, 5.41) is 18.1. The molecule has 0 aliphatic rings. The Bertz CT molecular complexity index is 624. The van der Waals surface area contributed by atoms with E-state index in [0.717, 1.165) is 5.56 Å². The molecule has 2 rings (SSSR count). The number of benzene rings is 1. The molecule has 1 N–H and O–H groups in total. The van der Waals surface area contributed by atoms with Crippen molar-refractivity contribution < 1.29 is 4.79 Å². The van der Waals surface area contributed by atoms with Crippen LogP contribution in [-0.2, 0) is 0 Å². The van der Waals surface area contributed by atoms with Gasteiger partial charge in [0.25, 0.3) is 0 Å². The van der Waals surface area contributed by atoms with Crippen molar-refractivity contribution >= 4 is 27.9 Å². The predicted molar refractivity (Wildman–Crippen MR) is 79.4 cm³/mol. The molecule has 0 aliphatic heterocycles. The van der Waals surface area contributed by atoms with Gasteiger partial charge in [0.15, 0.2) is 0 Å². The van der Waals surface area contributed by atoms with Crippen molar-refractivity contribution in [3.05, 3.63) is 30.1 Å². The molecule has 0 radical (unpaired) electrons. The van der Waals surface area contributed by atoms with Crippen LogP contribution in [0.4, 0.5) is 0 Å². The van der Waals surface area contributed by atoms with Crippen molar-refractivity contribution in [2.45, 2.75) is 14.8 Å². The Balaban J connectivity index is 2.60. The van der Waals surface area contributed by atoms with E-state index in [4.69, 9.17) is 0 Å². The van der Waals surface area contributed by atoms with Gasteiger partial charge in [-0.3, -0.25) is 0 Å². The van der Waals surface area contributed by atoms with Crippen LogP contribution in [0, 0.1) is 0 Å². The van der Waals surface area contributed by atoms with E-state index in [9.17, 15) is 4.79 Å². The summed E-state index contributed by atoms with van der Waals surface area (Å²) in [6.45, 7) is 0. The van der Waals surface area contributed by atoms with Gasteiger partial charge in [0.2, 0.25) is 0 Å². The predicted octanol–water partition coefficient (Wildman–Crippen LogP) is 0.838. The molecule has 1 aromatic heterocycles. The van der Waals surface area contributed by atoms with Gasteiger partial charge in [0.05, 0.1) is 0 Å². The molecular formula is C13H17N5OSn. The molecule has 7 heteroatoms. The first-order valence-electron chi connectivity index (χ1n) is 6.30. The van der Waals surface area contributed by atoms with Crippen LogP contribution in [-0.4, -0.2) is 51.7 Å². The number of nitrogens with one attached hydrogen (secondary N) is 1. The topological polar surface area (TPSA) is 80.7 Å². The number of rotatable bonds is 3. The molecule has 104 valence electrons. The van der Waals surface area contributed by atoms with E-state index < -0.39 is 18.4 Å². The van der Waals surface area contributed by atoms with E-state index in [-0.39, 0.29) is 5.91 Å². The molecule has 0 bridgehead atoms. The van der Waals surface area contributed by atoms with Crippen molar-refractivity contribution in [1.82, 2.24) is 25.7 Å². The Morgan fingerprint density at radius 1 is 1.10 bits per heavy atom. The average molecular weight is 378 g/mol. The summed E-state index contributed by atoms with van der Waals surface area (Å²) in [6.07, 6.45) is 1.29. The Morgan fingerprint density at radius 2 is 1.75 bits per heavy atom. The molecule has 20 heavy (non-hydrogen) atoms. The molecule has 1 amide bonds. The van der Waals surface area contributed by atoms with Gasteiger partial charge in [-0.15, -0.1) is 0 Å². The van der Waals surface area contributed by atoms with E-state index in [1.54, 1.807) is 13.1 Å².